The first-order chi connectivity index (χ1) is 6.35. The molecule has 0 amide bonds. The third-order valence-corrected chi connectivity index (χ3v) is 2.46. The molecule has 0 spiro atoms. The Morgan fingerprint density at radius 3 is 2.43 bits per heavy atom. The lowest BCUT2D eigenvalue weighted by molar-refractivity contribution is -0.184. The van der Waals surface area contributed by atoms with Gasteiger partial charge in [-0.3, -0.25) is 0 Å². The van der Waals surface area contributed by atoms with Gasteiger partial charge >= 0.3 is 5.97 Å². The molecule has 1 saturated heterocycles. The van der Waals surface area contributed by atoms with Crippen molar-refractivity contribution < 1.29 is 19.0 Å². The lowest BCUT2D eigenvalue weighted by atomic mass is 9.97. The number of hydrogen-bond donors (Lipinski definition) is 0. The Hall–Kier alpha value is -0.610. The third-order valence-electron chi connectivity index (χ3n) is 2.46. The Morgan fingerprint density at radius 1 is 1.43 bits per heavy atom. The number of carbonyl (C=O) groups excluding carboxylic acids is 1. The summed E-state index contributed by atoms with van der Waals surface area (Å²) in [4.78, 5) is 11.6. The van der Waals surface area contributed by atoms with E-state index < -0.39 is 11.4 Å². The van der Waals surface area contributed by atoms with Crippen molar-refractivity contribution in [2.24, 2.45) is 0 Å². The molecule has 14 heavy (non-hydrogen) atoms. The standard InChI is InChI=1S/C10H18O4/c1-6-7-10(4,8(11)12-5)14-9(2,3)13-7/h7H,6H2,1-5H3/t7-,10-/m1/s1. The molecule has 0 unspecified atom stereocenters. The molecule has 0 aromatic carbocycles. The second-order valence-electron chi connectivity index (χ2n) is 4.12. The molecule has 0 N–H and O–H groups in total. The number of hydrogen-bond acceptors (Lipinski definition) is 4. The van der Waals surface area contributed by atoms with Crippen molar-refractivity contribution in [2.45, 2.75) is 51.6 Å². The average Bonchev–Trinajstić information content (AvgIpc) is 2.35. The third kappa shape index (κ3) is 1.77. The van der Waals surface area contributed by atoms with Gasteiger partial charge in [-0.05, 0) is 27.2 Å². The summed E-state index contributed by atoms with van der Waals surface area (Å²) in [7, 11) is 1.36. The predicted octanol–water partition coefficient (Wildman–Crippen LogP) is 1.48. The minimum Gasteiger partial charge on any atom is -0.467 e. The van der Waals surface area contributed by atoms with Crippen LogP contribution in [0.15, 0.2) is 0 Å². The highest BCUT2D eigenvalue weighted by atomic mass is 16.8. The van der Waals surface area contributed by atoms with E-state index in [4.69, 9.17) is 14.2 Å². The van der Waals surface area contributed by atoms with Crippen LogP contribution in [0.4, 0.5) is 0 Å². The molecular weight excluding hydrogens is 184 g/mol. The van der Waals surface area contributed by atoms with E-state index >= 15 is 0 Å². The van der Waals surface area contributed by atoms with Gasteiger partial charge in [0.1, 0.15) is 6.10 Å². The summed E-state index contributed by atoms with van der Waals surface area (Å²) in [6.45, 7) is 7.26. The monoisotopic (exact) mass is 202 g/mol. The van der Waals surface area contributed by atoms with E-state index in [1.54, 1.807) is 20.8 Å². The van der Waals surface area contributed by atoms with Gasteiger partial charge in [-0.25, -0.2) is 4.79 Å². The van der Waals surface area contributed by atoms with Gasteiger partial charge in [0, 0.05) is 0 Å². The molecule has 82 valence electrons. The second-order valence-corrected chi connectivity index (χ2v) is 4.12. The minimum atomic E-state index is -0.979. The molecule has 0 aliphatic carbocycles. The van der Waals surface area contributed by atoms with Crippen LogP contribution >= 0.6 is 0 Å². The fourth-order valence-corrected chi connectivity index (χ4v) is 1.90. The summed E-state index contributed by atoms with van der Waals surface area (Å²) in [6, 6.07) is 0. The maximum absolute atomic E-state index is 11.6. The molecule has 2 atom stereocenters. The second kappa shape index (κ2) is 3.51. The van der Waals surface area contributed by atoms with Gasteiger partial charge in [-0.1, -0.05) is 6.92 Å². The van der Waals surface area contributed by atoms with E-state index in [9.17, 15) is 4.79 Å². The van der Waals surface area contributed by atoms with Gasteiger partial charge < -0.3 is 14.2 Å². The Kier molecular flexibility index (Phi) is 2.88. The number of ether oxygens (including phenoxy) is 3. The van der Waals surface area contributed by atoms with Crippen LogP contribution < -0.4 is 0 Å². The molecule has 1 aliphatic rings. The molecule has 0 bridgehead atoms. The van der Waals surface area contributed by atoms with Crippen LogP contribution in [0, 0.1) is 0 Å². The van der Waals surface area contributed by atoms with Crippen LogP contribution in [0.2, 0.25) is 0 Å². The molecule has 0 aromatic rings. The van der Waals surface area contributed by atoms with Gasteiger partial charge in [0.15, 0.2) is 11.4 Å². The Balaban J connectivity index is 2.91. The highest BCUT2D eigenvalue weighted by molar-refractivity contribution is 5.80. The highest BCUT2D eigenvalue weighted by Gasteiger charge is 2.55. The molecule has 4 heteroatoms. The van der Waals surface area contributed by atoms with Gasteiger partial charge in [0.25, 0.3) is 0 Å². The molecule has 1 aliphatic heterocycles. The lowest BCUT2D eigenvalue weighted by Gasteiger charge is -2.25. The van der Waals surface area contributed by atoms with E-state index in [2.05, 4.69) is 0 Å². The van der Waals surface area contributed by atoms with Gasteiger partial charge in [-0.2, -0.15) is 0 Å². The van der Waals surface area contributed by atoms with Crippen molar-refractivity contribution in [3.8, 4) is 0 Å². The summed E-state index contributed by atoms with van der Waals surface area (Å²) in [5, 5.41) is 0. The smallest absolute Gasteiger partial charge is 0.340 e. The van der Waals surface area contributed by atoms with Gasteiger partial charge in [0.2, 0.25) is 0 Å². The average molecular weight is 202 g/mol. The zero-order valence-corrected chi connectivity index (χ0v) is 9.42. The topological polar surface area (TPSA) is 44.8 Å². The van der Waals surface area contributed by atoms with E-state index in [0.717, 1.165) is 6.42 Å². The molecule has 0 saturated carbocycles. The van der Waals surface area contributed by atoms with E-state index in [1.165, 1.54) is 7.11 Å². The van der Waals surface area contributed by atoms with Gasteiger partial charge in [-0.15, -0.1) is 0 Å². The fraction of sp³-hybridized carbons (Fsp3) is 0.900. The largest absolute Gasteiger partial charge is 0.467 e. The first-order valence-corrected chi connectivity index (χ1v) is 4.82. The first-order valence-electron chi connectivity index (χ1n) is 4.82. The molecule has 1 rings (SSSR count). The van der Waals surface area contributed by atoms with Crippen LogP contribution in [-0.2, 0) is 19.0 Å². The maximum Gasteiger partial charge on any atom is 0.340 e. The fourth-order valence-electron chi connectivity index (χ4n) is 1.90. The Bertz CT molecular complexity index is 236. The quantitative estimate of drug-likeness (QED) is 0.636. The van der Waals surface area contributed by atoms with Crippen LogP contribution in [0.3, 0.4) is 0 Å². The number of rotatable bonds is 2. The Labute approximate surface area is 84.5 Å². The molecule has 1 fully saturated rings. The van der Waals surface area contributed by atoms with E-state index in [-0.39, 0.29) is 12.1 Å². The molecule has 4 nitrogen and oxygen atoms in total. The maximum atomic E-state index is 11.6. The molecular formula is C10H18O4. The van der Waals surface area contributed by atoms with Crippen molar-refractivity contribution in [1.82, 2.24) is 0 Å². The lowest BCUT2D eigenvalue weighted by Crippen LogP contribution is -2.45. The van der Waals surface area contributed by atoms with Crippen molar-refractivity contribution >= 4 is 5.97 Å². The van der Waals surface area contributed by atoms with Crippen molar-refractivity contribution in [2.75, 3.05) is 7.11 Å². The first kappa shape index (κ1) is 11.5. The number of carbonyl (C=O) groups is 1. The highest BCUT2D eigenvalue weighted by Crippen LogP contribution is 2.38. The SMILES string of the molecule is CC[C@H]1OC(C)(C)O[C@@]1(C)C(=O)OC. The minimum absolute atomic E-state index is 0.245. The normalized spacial score (nSPS) is 35.6. The van der Waals surface area contributed by atoms with Crippen LogP contribution in [0.5, 0.6) is 0 Å². The molecule has 0 radical (unpaired) electrons. The summed E-state index contributed by atoms with van der Waals surface area (Å²) in [5.41, 5.74) is -0.979. The number of esters is 1. The van der Waals surface area contributed by atoms with Gasteiger partial charge in [0.05, 0.1) is 7.11 Å². The van der Waals surface area contributed by atoms with Crippen molar-refractivity contribution in [1.29, 1.82) is 0 Å². The summed E-state index contributed by atoms with van der Waals surface area (Å²) in [6.07, 6.45) is 0.472. The van der Waals surface area contributed by atoms with Crippen molar-refractivity contribution in [3.63, 3.8) is 0 Å². The zero-order valence-electron chi connectivity index (χ0n) is 9.42. The molecule has 0 aromatic heterocycles. The predicted molar refractivity (Wildman–Crippen MR) is 50.7 cm³/mol. The van der Waals surface area contributed by atoms with Crippen LogP contribution in [0.25, 0.3) is 0 Å². The summed E-state index contributed by atoms with van der Waals surface area (Å²) < 4.78 is 15.9. The van der Waals surface area contributed by atoms with E-state index in [0.29, 0.717) is 0 Å². The van der Waals surface area contributed by atoms with Crippen LogP contribution in [0.1, 0.15) is 34.1 Å². The van der Waals surface area contributed by atoms with E-state index in [1.807, 2.05) is 6.92 Å². The molecule has 1 heterocycles. The summed E-state index contributed by atoms with van der Waals surface area (Å²) in [5.74, 6) is -1.10. The zero-order chi connectivity index (χ0) is 11.0. The number of methoxy groups -OCH3 is 1. The van der Waals surface area contributed by atoms with Crippen LogP contribution in [-0.4, -0.2) is 30.6 Å². The summed E-state index contributed by atoms with van der Waals surface area (Å²) >= 11 is 0. The van der Waals surface area contributed by atoms with Crippen molar-refractivity contribution in [3.05, 3.63) is 0 Å². The Morgan fingerprint density at radius 2 is 2.00 bits per heavy atom.